The molecular weight excluding hydrogens is 523 g/mol. The number of imidazole rings is 1. The van der Waals surface area contributed by atoms with Gasteiger partial charge < -0.3 is 20.9 Å². The number of carbonyl (C=O) groups excluding carboxylic acids is 2. The first-order valence-electron chi connectivity index (χ1n) is 11.9. The molecular formula is C25H27ClF3N7O2. The van der Waals surface area contributed by atoms with Crippen molar-refractivity contribution < 1.29 is 22.8 Å². The molecule has 2 amide bonds. The van der Waals surface area contributed by atoms with E-state index in [9.17, 15) is 22.8 Å². The molecule has 202 valence electrons. The molecule has 3 aromatic rings. The number of hydrogen-bond donors (Lipinski definition) is 3. The zero-order valence-corrected chi connectivity index (χ0v) is 21.3. The van der Waals surface area contributed by atoms with Gasteiger partial charge in [0.1, 0.15) is 0 Å². The average Bonchev–Trinajstić information content (AvgIpc) is 3.44. The van der Waals surface area contributed by atoms with E-state index in [4.69, 9.17) is 17.3 Å². The molecule has 0 radical (unpaired) electrons. The number of rotatable bonds is 7. The molecule has 0 spiro atoms. The minimum Gasteiger partial charge on any atom is -0.349 e. The molecule has 4 rings (SSSR count). The van der Waals surface area contributed by atoms with E-state index in [1.165, 1.54) is 48.3 Å². The van der Waals surface area contributed by atoms with Gasteiger partial charge >= 0.3 is 6.18 Å². The van der Waals surface area contributed by atoms with Crippen molar-refractivity contribution in [1.29, 1.82) is 0 Å². The van der Waals surface area contributed by atoms with Crippen molar-refractivity contribution in [2.24, 2.45) is 12.8 Å². The maximum absolute atomic E-state index is 13.6. The number of nitrogens with one attached hydrogen (secondary N) is 2. The predicted molar refractivity (Wildman–Crippen MR) is 137 cm³/mol. The minimum absolute atomic E-state index is 0.0251. The molecule has 0 atom stereocenters. The number of alkyl halides is 3. The SMILES string of the molecule is C=CCn1cc(-c2cnc(C(=O)Nc3ccc(C(=O)N[C@H]4CC[C@@H](N)CC4)c(Cl)c3)n2C)c(C(F)(F)F)n1. The van der Waals surface area contributed by atoms with E-state index >= 15 is 0 Å². The van der Waals surface area contributed by atoms with Crippen LogP contribution in [-0.4, -0.2) is 43.2 Å². The number of nitrogens with zero attached hydrogens (tertiary/aromatic N) is 4. The summed E-state index contributed by atoms with van der Waals surface area (Å²) < 4.78 is 43.1. The Bertz CT molecular complexity index is 1360. The van der Waals surface area contributed by atoms with Crippen molar-refractivity contribution in [1.82, 2.24) is 24.6 Å². The van der Waals surface area contributed by atoms with Crippen LogP contribution in [0.1, 0.15) is 52.4 Å². The summed E-state index contributed by atoms with van der Waals surface area (Å²) in [5.74, 6) is -1.12. The van der Waals surface area contributed by atoms with Crippen molar-refractivity contribution >= 4 is 29.1 Å². The standard InChI is InChI=1S/C25H27ClF3N7O2/c1-3-10-36-13-18(21(34-36)25(27,28)29)20-12-31-22(35(20)2)24(38)33-16-8-9-17(19(26)11-16)23(37)32-15-6-4-14(30)5-7-15/h3,8-9,11-15H,1,4-7,10,30H2,2H3,(H,32,37)(H,33,38)/t14-,15+. The normalized spacial score (nSPS) is 17.7. The number of anilines is 1. The van der Waals surface area contributed by atoms with Crippen molar-refractivity contribution in [3.63, 3.8) is 0 Å². The van der Waals surface area contributed by atoms with Crippen LogP contribution < -0.4 is 16.4 Å². The van der Waals surface area contributed by atoms with Crippen LogP contribution in [0.2, 0.25) is 5.02 Å². The lowest BCUT2D eigenvalue weighted by molar-refractivity contribution is -0.141. The van der Waals surface area contributed by atoms with E-state index < -0.39 is 17.8 Å². The van der Waals surface area contributed by atoms with Crippen molar-refractivity contribution in [2.75, 3.05) is 5.32 Å². The fourth-order valence-electron chi connectivity index (χ4n) is 4.41. The molecule has 4 N–H and O–H groups in total. The highest BCUT2D eigenvalue weighted by Crippen LogP contribution is 2.36. The lowest BCUT2D eigenvalue weighted by Gasteiger charge is -2.27. The predicted octanol–water partition coefficient (Wildman–Crippen LogP) is 4.39. The third kappa shape index (κ3) is 5.91. The van der Waals surface area contributed by atoms with Gasteiger partial charge in [0.25, 0.3) is 11.8 Å². The summed E-state index contributed by atoms with van der Waals surface area (Å²) in [5.41, 5.74) is 5.22. The first-order chi connectivity index (χ1) is 18.0. The van der Waals surface area contributed by atoms with Gasteiger partial charge in [-0.2, -0.15) is 18.3 Å². The Morgan fingerprint density at radius 3 is 2.58 bits per heavy atom. The van der Waals surface area contributed by atoms with E-state index in [2.05, 4.69) is 27.3 Å². The molecule has 0 bridgehead atoms. The zero-order valence-electron chi connectivity index (χ0n) is 20.6. The highest BCUT2D eigenvalue weighted by Gasteiger charge is 2.38. The summed E-state index contributed by atoms with van der Waals surface area (Å²) >= 11 is 6.32. The van der Waals surface area contributed by atoms with Crippen molar-refractivity contribution in [2.45, 2.75) is 50.5 Å². The Kier molecular flexibility index (Phi) is 7.93. The first kappa shape index (κ1) is 27.4. The van der Waals surface area contributed by atoms with E-state index in [0.29, 0.717) is 5.69 Å². The Balaban J connectivity index is 1.49. The van der Waals surface area contributed by atoms with Gasteiger partial charge in [-0.3, -0.25) is 14.3 Å². The van der Waals surface area contributed by atoms with Gasteiger partial charge in [-0.15, -0.1) is 6.58 Å². The molecule has 2 heterocycles. The van der Waals surface area contributed by atoms with Gasteiger partial charge in [-0.05, 0) is 43.9 Å². The lowest BCUT2D eigenvalue weighted by atomic mass is 9.91. The number of halogens is 4. The van der Waals surface area contributed by atoms with Gasteiger partial charge in [0.05, 0.1) is 34.6 Å². The fraction of sp³-hybridized carbons (Fsp3) is 0.360. The molecule has 9 nitrogen and oxygen atoms in total. The minimum atomic E-state index is -4.71. The third-order valence-electron chi connectivity index (χ3n) is 6.39. The van der Waals surface area contributed by atoms with Gasteiger partial charge in [0.2, 0.25) is 0 Å². The zero-order chi connectivity index (χ0) is 27.6. The monoisotopic (exact) mass is 549 g/mol. The van der Waals surface area contributed by atoms with E-state index in [-0.39, 0.29) is 52.2 Å². The van der Waals surface area contributed by atoms with Crippen LogP contribution in [0.3, 0.4) is 0 Å². The molecule has 0 saturated heterocycles. The summed E-state index contributed by atoms with van der Waals surface area (Å²) in [7, 11) is 1.43. The van der Waals surface area contributed by atoms with Gasteiger partial charge in [-0.1, -0.05) is 17.7 Å². The van der Waals surface area contributed by atoms with E-state index in [1.54, 1.807) is 0 Å². The third-order valence-corrected chi connectivity index (χ3v) is 6.70. The van der Waals surface area contributed by atoms with Crippen LogP contribution in [0.5, 0.6) is 0 Å². The molecule has 2 aromatic heterocycles. The number of allylic oxidation sites excluding steroid dienone is 1. The Labute approximate surface area is 221 Å². The maximum atomic E-state index is 13.6. The molecule has 1 aromatic carbocycles. The second-order valence-corrected chi connectivity index (χ2v) is 9.57. The maximum Gasteiger partial charge on any atom is 0.435 e. The smallest absolute Gasteiger partial charge is 0.349 e. The van der Waals surface area contributed by atoms with Gasteiger partial charge in [-0.25, -0.2) is 4.98 Å². The van der Waals surface area contributed by atoms with Crippen LogP contribution in [0.15, 0.2) is 43.2 Å². The highest BCUT2D eigenvalue weighted by molar-refractivity contribution is 6.34. The number of nitrogens with two attached hydrogens (primary N) is 1. The Morgan fingerprint density at radius 2 is 1.95 bits per heavy atom. The van der Waals surface area contributed by atoms with Crippen LogP contribution in [-0.2, 0) is 19.8 Å². The quantitative estimate of drug-likeness (QED) is 0.377. The topological polar surface area (TPSA) is 120 Å². The molecule has 38 heavy (non-hydrogen) atoms. The summed E-state index contributed by atoms with van der Waals surface area (Å²) in [5, 5.41) is 9.33. The van der Waals surface area contributed by atoms with Crippen molar-refractivity contribution in [3.8, 4) is 11.3 Å². The molecule has 0 aliphatic heterocycles. The van der Waals surface area contributed by atoms with Crippen molar-refractivity contribution in [3.05, 3.63) is 65.4 Å². The number of hydrogen-bond acceptors (Lipinski definition) is 5. The second-order valence-electron chi connectivity index (χ2n) is 9.16. The molecule has 0 unspecified atom stereocenters. The van der Waals surface area contributed by atoms with Gasteiger partial charge in [0.15, 0.2) is 11.5 Å². The summed E-state index contributed by atoms with van der Waals surface area (Å²) in [6, 6.07) is 4.62. The fourth-order valence-corrected chi connectivity index (χ4v) is 4.67. The number of aromatic nitrogens is 4. The first-order valence-corrected chi connectivity index (χ1v) is 12.3. The van der Waals surface area contributed by atoms with E-state index in [0.717, 1.165) is 30.4 Å². The molecule has 1 fully saturated rings. The number of carbonyl (C=O) groups is 2. The summed E-state index contributed by atoms with van der Waals surface area (Å²) in [6.45, 7) is 3.60. The van der Waals surface area contributed by atoms with Crippen LogP contribution in [0.25, 0.3) is 11.3 Å². The summed E-state index contributed by atoms with van der Waals surface area (Å²) in [4.78, 5) is 29.6. The van der Waals surface area contributed by atoms with Crippen LogP contribution in [0, 0.1) is 0 Å². The lowest BCUT2D eigenvalue weighted by Crippen LogP contribution is -2.40. The molecule has 1 aliphatic rings. The highest BCUT2D eigenvalue weighted by atomic mass is 35.5. The number of benzene rings is 1. The Morgan fingerprint density at radius 1 is 1.24 bits per heavy atom. The Hall–Kier alpha value is -3.64. The van der Waals surface area contributed by atoms with E-state index in [1.807, 2.05) is 0 Å². The molecule has 1 aliphatic carbocycles. The summed E-state index contributed by atoms with van der Waals surface area (Å²) in [6.07, 6.45) is 2.40. The molecule has 13 heteroatoms. The van der Waals surface area contributed by atoms with Gasteiger partial charge in [0, 0.05) is 31.0 Å². The van der Waals surface area contributed by atoms with Crippen LogP contribution >= 0.6 is 11.6 Å². The largest absolute Gasteiger partial charge is 0.435 e. The number of amides is 2. The second kappa shape index (κ2) is 11.0. The van der Waals surface area contributed by atoms with Crippen LogP contribution in [0.4, 0.5) is 18.9 Å². The molecule has 1 saturated carbocycles. The average molecular weight is 550 g/mol.